The maximum atomic E-state index is 11.0. The molecule has 2 nitrogen and oxygen atoms in total. The molecular formula is C21H36O2. The summed E-state index contributed by atoms with van der Waals surface area (Å²) in [5.41, 5.74) is 1.30. The van der Waals surface area contributed by atoms with E-state index in [9.17, 15) is 4.79 Å². The largest absolute Gasteiger partial charge is 0.431 e. The second-order valence-electron chi connectivity index (χ2n) is 4.87. The smallest absolute Gasteiger partial charge is 0.311 e. The van der Waals surface area contributed by atoms with E-state index in [4.69, 9.17) is 4.74 Å². The second-order valence-corrected chi connectivity index (χ2v) is 4.87. The van der Waals surface area contributed by atoms with Crippen LogP contribution >= 0.6 is 0 Å². The van der Waals surface area contributed by atoms with E-state index in [2.05, 4.69) is 32.6 Å². The molecule has 1 aromatic rings. The third-order valence-corrected chi connectivity index (χ3v) is 3.24. The first-order valence-electron chi connectivity index (χ1n) is 9.10. The Balaban J connectivity index is 0. The van der Waals surface area contributed by atoms with Crippen molar-refractivity contribution in [3.8, 4) is 0 Å². The number of unbranched alkanes of at least 4 members (excludes halogenated alkanes) is 1. The van der Waals surface area contributed by atoms with Gasteiger partial charge in [0.05, 0.1) is 6.42 Å². The topological polar surface area (TPSA) is 26.3 Å². The summed E-state index contributed by atoms with van der Waals surface area (Å²) < 4.78 is 4.93. The van der Waals surface area contributed by atoms with Gasteiger partial charge in [0.2, 0.25) is 0 Å². The number of carbonyl (C=O) groups excluding carboxylic acids is 1. The first kappa shape index (κ1) is 23.7. The lowest BCUT2D eigenvalue weighted by Gasteiger charge is -2.07. The number of allylic oxidation sites excluding steroid dienone is 1. The van der Waals surface area contributed by atoms with Crippen LogP contribution in [-0.2, 0) is 16.0 Å². The number of carbonyl (C=O) groups is 1. The molecule has 0 spiro atoms. The van der Waals surface area contributed by atoms with Gasteiger partial charge in [-0.05, 0) is 18.4 Å². The van der Waals surface area contributed by atoms with Gasteiger partial charge in [0.25, 0.3) is 0 Å². The van der Waals surface area contributed by atoms with Crippen LogP contribution < -0.4 is 0 Å². The molecule has 1 atom stereocenters. The van der Waals surface area contributed by atoms with Crippen molar-refractivity contribution >= 4 is 5.97 Å². The maximum absolute atomic E-state index is 11.0. The first-order valence-corrected chi connectivity index (χ1v) is 9.10. The molecule has 0 aliphatic carbocycles. The van der Waals surface area contributed by atoms with Gasteiger partial charge in [-0.2, -0.15) is 0 Å². The predicted octanol–water partition coefficient (Wildman–Crippen LogP) is 6.55. The second kappa shape index (κ2) is 16.8. The fraction of sp³-hybridized carbons (Fsp3) is 0.571. The number of cyclic esters (lactones) is 1. The summed E-state index contributed by atoms with van der Waals surface area (Å²) in [6.07, 6.45) is 5.04. The Morgan fingerprint density at radius 1 is 1.04 bits per heavy atom. The lowest BCUT2D eigenvalue weighted by molar-refractivity contribution is -0.135. The van der Waals surface area contributed by atoms with E-state index in [1.54, 1.807) is 0 Å². The van der Waals surface area contributed by atoms with Crippen LogP contribution in [-0.4, -0.2) is 5.97 Å². The minimum absolute atomic E-state index is 0.141. The Bertz CT molecular complexity index is 394. The lowest BCUT2D eigenvalue weighted by atomic mass is 9.97. The van der Waals surface area contributed by atoms with Gasteiger partial charge in [0, 0.05) is 5.92 Å². The summed E-state index contributed by atoms with van der Waals surface area (Å²) in [7, 11) is 0. The van der Waals surface area contributed by atoms with Crippen molar-refractivity contribution in [3.63, 3.8) is 0 Å². The molecule has 1 saturated heterocycles. The molecule has 0 amide bonds. The molecular weight excluding hydrogens is 284 g/mol. The zero-order chi connectivity index (χ0) is 18.1. The monoisotopic (exact) mass is 320 g/mol. The molecule has 2 heteroatoms. The summed E-state index contributed by atoms with van der Waals surface area (Å²) in [4.78, 5) is 11.0. The predicted molar refractivity (Wildman–Crippen MR) is 101 cm³/mol. The Morgan fingerprint density at radius 2 is 1.57 bits per heavy atom. The normalized spacial score (nSPS) is 15.1. The quantitative estimate of drug-likeness (QED) is 0.587. The van der Waals surface area contributed by atoms with Crippen molar-refractivity contribution in [2.75, 3.05) is 0 Å². The van der Waals surface area contributed by atoms with Crippen LogP contribution in [0.15, 0.2) is 42.7 Å². The molecule has 0 N–H and O–H groups in total. The van der Waals surface area contributed by atoms with E-state index in [1.165, 1.54) is 18.4 Å². The number of hydrogen-bond donors (Lipinski definition) is 0. The number of ether oxygens (including phenoxy) is 1. The zero-order valence-corrected chi connectivity index (χ0v) is 16.0. The van der Waals surface area contributed by atoms with Crippen LogP contribution in [0.3, 0.4) is 0 Å². The highest BCUT2D eigenvalue weighted by molar-refractivity contribution is 5.74. The van der Waals surface area contributed by atoms with Crippen molar-refractivity contribution in [3.05, 3.63) is 48.2 Å². The van der Waals surface area contributed by atoms with Gasteiger partial charge in [-0.25, -0.2) is 0 Å². The van der Waals surface area contributed by atoms with Gasteiger partial charge in [0.1, 0.15) is 5.76 Å². The molecule has 1 unspecified atom stereocenters. The van der Waals surface area contributed by atoms with E-state index in [0.717, 1.165) is 12.8 Å². The van der Waals surface area contributed by atoms with Crippen molar-refractivity contribution in [2.45, 2.75) is 73.6 Å². The fourth-order valence-corrected chi connectivity index (χ4v) is 1.83. The average molecular weight is 321 g/mol. The number of benzene rings is 1. The van der Waals surface area contributed by atoms with E-state index in [1.807, 2.05) is 45.9 Å². The van der Waals surface area contributed by atoms with Crippen molar-refractivity contribution < 1.29 is 9.53 Å². The third kappa shape index (κ3) is 11.6. The number of aryl methyl sites for hydroxylation is 1. The summed E-state index contributed by atoms with van der Waals surface area (Å²) in [5, 5.41) is 0. The summed E-state index contributed by atoms with van der Waals surface area (Å²) in [5.74, 6) is 0.701. The van der Waals surface area contributed by atoms with Gasteiger partial charge in [-0.3, -0.25) is 4.79 Å². The minimum Gasteiger partial charge on any atom is -0.431 e. The molecule has 0 radical (unpaired) electrons. The third-order valence-electron chi connectivity index (χ3n) is 3.24. The van der Waals surface area contributed by atoms with E-state index < -0.39 is 0 Å². The Kier molecular flexibility index (Phi) is 17.3. The molecule has 1 aliphatic rings. The Morgan fingerprint density at radius 3 is 1.96 bits per heavy atom. The van der Waals surface area contributed by atoms with Crippen molar-refractivity contribution in [1.29, 1.82) is 0 Å². The molecule has 1 aromatic carbocycles. The summed E-state index contributed by atoms with van der Waals surface area (Å²) >= 11 is 0. The minimum atomic E-state index is -0.141. The van der Waals surface area contributed by atoms with E-state index in [-0.39, 0.29) is 11.9 Å². The molecule has 132 valence electrons. The molecule has 1 aliphatic heterocycles. The van der Waals surface area contributed by atoms with Gasteiger partial charge < -0.3 is 4.74 Å². The molecule has 2 rings (SSSR count). The highest BCUT2D eigenvalue weighted by Gasteiger charge is 2.27. The lowest BCUT2D eigenvalue weighted by Crippen LogP contribution is -1.99. The highest BCUT2D eigenvalue weighted by Crippen LogP contribution is 2.28. The zero-order valence-electron chi connectivity index (χ0n) is 16.0. The number of hydrogen-bond acceptors (Lipinski definition) is 2. The van der Waals surface area contributed by atoms with Crippen LogP contribution in [0, 0.1) is 5.92 Å². The molecule has 23 heavy (non-hydrogen) atoms. The van der Waals surface area contributed by atoms with Crippen molar-refractivity contribution in [1.82, 2.24) is 0 Å². The van der Waals surface area contributed by atoms with E-state index >= 15 is 0 Å². The van der Waals surface area contributed by atoms with Gasteiger partial charge in [0.15, 0.2) is 0 Å². The van der Waals surface area contributed by atoms with Gasteiger partial charge in [-0.1, -0.05) is 91.3 Å². The van der Waals surface area contributed by atoms with Gasteiger partial charge in [-0.15, -0.1) is 0 Å². The van der Waals surface area contributed by atoms with Gasteiger partial charge >= 0.3 is 5.97 Å². The van der Waals surface area contributed by atoms with Crippen molar-refractivity contribution in [2.24, 2.45) is 5.92 Å². The van der Waals surface area contributed by atoms with Crippen LogP contribution in [0.4, 0.5) is 0 Å². The molecule has 1 fully saturated rings. The van der Waals surface area contributed by atoms with E-state index in [0.29, 0.717) is 12.2 Å². The number of rotatable bonds is 4. The molecule has 0 saturated carbocycles. The Labute approximate surface area is 144 Å². The first-order chi connectivity index (χ1) is 11.2. The maximum Gasteiger partial charge on any atom is 0.311 e. The van der Waals surface area contributed by atoms with Crippen LogP contribution in [0.25, 0.3) is 0 Å². The number of esters is 1. The summed E-state index contributed by atoms with van der Waals surface area (Å²) in [6.45, 7) is 16.1. The SMILES string of the molecule is C=C1OC(=O)CC1CCc1ccccc1.CC.CC.CCCC. The molecule has 0 bridgehead atoms. The Hall–Kier alpha value is -1.57. The fourth-order valence-electron chi connectivity index (χ4n) is 1.83. The van der Waals surface area contributed by atoms with Crippen LogP contribution in [0.1, 0.15) is 72.8 Å². The van der Waals surface area contributed by atoms with Crippen LogP contribution in [0.2, 0.25) is 0 Å². The standard InChI is InChI=1S/C13H14O2.C4H10.2C2H6/c1-10-12(9-13(14)15-10)8-7-11-5-3-2-4-6-11;1-3-4-2;2*1-2/h2-6,12H,1,7-9H2;3-4H2,1-2H3;2*1-2H3. The molecule has 0 aromatic heterocycles. The summed E-state index contributed by atoms with van der Waals surface area (Å²) in [6, 6.07) is 10.3. The molecule has 1 heterocycles. The van der Waals surface area contributed by atoms with Crippen LogP contribution in [0.5, 0.6) is 0 Å². The highest BCUT2D eigenvalue weighted by atomic mass is 16.5. The average Bonchev–Trinajstić information content (AvgIpc) is 2.95.